The van der Waals surface area contributed by atoms with Gasteiger partial charge >= 0.3 is 6.18 Å². The van der Waals surface area contributed by atoms with Gasteiger partial charge in [-0.3, -0.25) is 0 Å². The molecule has 0 saturated heterocycles. The average molecular weight is 436 g/mol. The molecule has 0 N–H and O–H groups in total. The maximum absolute atomic E-state index is 13.2. The van der Waals surface area contributed by atoms with E-state index in [1.165, 1.54) is 0 Å². The number of alkyl halides is 3. The number of hydrogen-bond acceptors (Lipinski definition) is 8. The highest BCUT2D eigenvalue weighted by Crippen LogP contribution is 2.33. The fraction of sp³-hybridized carbons (Fsp3) is 0.278. The normalized spacial score (nSPS) is 11.9. The minimum absolute atomic E-state index is 0.0508. The van der Waals surface area contributed by atoms with Gasteiger partial charge in [-0.15, -0.1) is 20.4 Å². The summed E-state index contributed by atoms with van der Waals surface area (Å²) in [5, 5.41) is 19.4. The maximum Gasteiger partial charge on any atom is 0.453 e. The van der Waals surface area contributed by atoms with Crippen LogP contribution in [0.25, 0.3) is 5.65 Å². The van der Waals surface area contributed by atoms with E-state index in [0.29, 0.717) is 33.0 Å². The lowest BCUT2D eigenvalue weighted by Crippen LogP contribution is -2.13. The third kappa shape index (κ3) is 3.82. The molecule has 0 unspecified atom stereocenters. The molecule has 0 spiro atoms. The molecule has 0 radical (unpaired) electrons. The molecule has 12 heteroatoms. The predicted molar refractivity (Wildman–Crippen MR) is 99.5 cm³/mol. The largest absolute Gasteiger partial charge is 0.497 e. The van der Waals surface area contributed by atoms with E-state index in [1.54, 1.807) is 21.0 Å². The molecule has 0 aliphatic rings. The van der Waals surface area contributed by atoms with E-state index in [4.69, 9.17) is 9.15 Å². The molecule has 0 aliphatic carbocycles. The molecular formula is C18H15F3N6O2S. The quantitative estimate of drug-likeness (QED) is 0.465. The summed E-state index contributed by atoms with van der Waals surface area (Å²) in [6.45, 7) is 3.40. The second kappa shape index (κ2) is 7.59. The lowest BCUT2D eigenvalue weighted by Gasteiger charge is -2.08. The van der Waals surface area contributed by atoms with Gasteiger partial charge in [0.1, 0.15) is 10.8 Å². The Hall–Kier alpha value is -3.15. The second-order valence-electron chi connectivity index (χ2n) is 6.40. The summed E-state index contributed by atoms with van der Waals surface area (Å²) in [6, 6.07) is 7.40. The molecule has 0 fully saturated rings. The van der Waals surface area contributed by atoms with E-state index < -0.39 is 12.0 Å². The molecule has 156 valence electrons. The van der Waals surface area contributed by atoms with Crippen molar-refractivity contribution in [3.05, 3.63) is 52.7 Å². The second-order valence-corrected chi connectivity index (χ2v) is 7.34. The van der Waals surface area contributed by atoms with Crippen LogP contribution in [0.2, 0.25) is 0 Å². The van der Waals surface area contributed by atoms with Crippen LogP contribution in [0.1, 0.15) is 28.4 Å². The van der Waals surface area contributed by atoms with Gasteiger partial charge in [0, 0.05) is 5.56 Å². The Morgan fingerprint density at radius 1 is 1.03 bits per heavy atom. The highest BCUT2D eigenvalue weighted by Gasteiger charge is 2.38. The summed E-state index contributed by atoms with van der Waals surface area (Å²) in [6.07, 6.45) is -4.27. The molecule has 0 atom stereocenters. The zero-order chi connectivity index (χ0) is 21.5. The molecule has 0 bridgehead atoms. The molecular weight excluding hydrogens is 421 g/mol. The Kier molecular flexibility index (Phi) is 5.10. The molecule has 0 aliphatic heterocycles. The van der Waals surface area contributed by atoms with Crippen molar-refractivity contribution in [2.45, 2.75) is 36.7 Å². The van der Waals surface area contributed by atoms with Crippen LogP contribution >= 0.6 is 11.8 Å². The highest BCUT2D eigenvalue weighted by molar-refractivity contribution is 7.99. The maximum atomic E-state index is 13.2. The van der Waals surface area contributed by atoms with Crippen LogP contribution in [0.3, 0.4) is 0 Å². The summed E-state index contributed by atoms with van der Waals surface area (Å²) in [5.74, 6) is -0.0772. The molecule has 0 amide bonds. The van der Waals surface area contributed by atoms with Gasteiger partial charge in [0.15, 0.2) is 5.65 Å². The van der Waals surface area contributed by atoms with Crippen molar-refractivity contribution >= 4 is 17.4 Å². The summed E-state index contributed by atoms with van der Waals surface area (Å²) >= 11 is 0.988. The lowest BCUT2D eigenvalue weighted by molar-refractivity contribution is -0.146. The van der Waals surface area contributed by atoms with Crippen LogP contribution in [0.5, 0.6) is 5.75 Å². The average Bonchev–Trinajstić information content (AvgIpc) is 3.33. The van der Waals surface area contributed by atoms with Crippen molar-refractivity contribution < 1.29 is 22.3 Å². The number of aromatic nitrogens is 6. The predicted octanol–water partition coefficient (Wildman–Crippen LogP) is 3.89. The molecule has 4 rings (SSSR count). The minimum Gasteiger partial charge on any atom is -0.497 e. The van der Waals surface area contributed by atoms with Crippen molar-refractivity contribution in [3.63, 3.8) is 0 Å². The number of aryl methyl sites for hydroxylation is 1. The van der Waals surface area contributed by atoms with E-state index in [2.05, 4.69) is 25.5 Å². The molecule has 1 aromatic carbocycles. The zero-order valence-corrected chi connectivity index (χ0v) is 16.9. The van der Waals surface area contributed by atoms with Crippen molar-refractivity contribution in [1.29, 1.82) is 0 Å². The van der Waals surface area contributed by atoms with E-state index in [1.807, 2.05) is 24.3 Å². The van der Waals surface area contributed by atoms with Gasteiger partial charge in [-0.1, -0.05) is 12.1 Å². The zero-order valence-electron chi connectivity index (χ0n) is 16.1. The first-order chi connectivity index (χ1) is 14.3. The number of fused-ring (bicyclic) bond motifs is 1. The first-order valence-corrected chi connectivity index (χ1v) is 9.51. The number of ether oxygens (including phenoxy) is 1. The Bertz CT molecular complexity index is 1200. The van der Waals surface area contributed by atoms with Crippen LogP contribution in [-0.4, -0.2) is 37.1 Å². The highest BCUT2D eigenvalue weighted by atomic mass is 32.2. The molecule has 8 nitrogen and oxygen atoms in total. The fourth-order valence-corrected chi connectivity index (χ4v) is 3.54. The molecule has 30 heavy (non-hydrogen) atoms. The van der Waals surface area contributed by atoms with Crippen LogP contribution in [-0.2, 0) is 12.6 Å². The van der Waals surface area contributed by atoms with Crippen LogP contribution in [0, 0.1) is 13.8 Å². The standard InChI is InChI=1S/C18H15F3N6O2S/c1-9-10(2)15(26-27-14(9)23-24-16(27)18(19,20)21)30-17-25-22-13(29-17)8-11-4-6-12(28-3)7-5-11/h4-7H,8H2,1-3H3. The summed E-state index contributed by atoms with van der Waals surface area (Å²) in [5.41, 5.74) is 2.19. The summed E-state index contributed by atoms with van der Waals surface area (Å²) < 4.78 is 51.0. The van der Waals surface area contributed by atoms with E-state index in [9.17, 15) is 13.2 Å². The smallest absolute Gasteiger partial charge is 0.453 e. The van der Waals surface area contributed by atoms with Gasteiger partial charge < -0.3 is 9.15 Å². The summed E-state index contributed by atoms with van der Waals surface area (Å²) in [7, 11) is 1.59. The van der Waals surface area contributed by atoms with E-state index in [0.717, 1.165) is 23.1 Å². The van der Waals surface area contributed by atoms with Crippen molar-refractivity contribution in [3.8, 4) is 5.75 Å². The summed E-state index contributed by atoms with van der Waals surface area (Å²) in [4.78, 5) is 0. The number of rotatable bonds is 5. The van der Waals surface area contributed by atoms with Crippen LogP contribution in [0.15, 0.2) is 38.9 Å². The number of nitrogens with zero attached hydrogens (tertiary/aromatic N) is 6. The third-order valence-electron chi connectivity index (χ3n) is 4.45. The lowest BCUT2D eigenvalue weighted by atomic mass is 10.1. The van der Waals surface area contributed by atoms with Crippen LogP contribution < -0.4 is 4.74 Å². The van der Waals surface area contributed by atoms with Crippen molar-refractivity contribution in [2.24, 2.45) is 0 Å². The van der Waals surface area contributed by atoms with Crippen molar-refractivity contribution in [2.75, 3.05) is 7.11 Å². The van der Waals surface area contributed by atoms with Gasteiger partial charge in [0.05, 0.1) is 13.5 Å². The first-order valence-electron chi connectivity index (χ1n) is 8.69. The van der Waals surface area contributed by atoms with Crippen molar-refractivity contribution in [1.82, 2.24) is 30.0 Å². The molecule has 3 heterocycles. The SMILES string of the molecule is COc1ccc(Cc2nnc(Sc3nn4c(C(F)(F)F)nnc4c(C)c3C)o2)cc1. The topological polar surface area (TPSA) is 91.2 Å². The third-order valence-corrected chi connectivity index (χ3v) is 5.37. The Morgan fingerprint density at radius 2 is 1.77 bits per heavy atom. The monoisotopic (exact) mass is 436 g/mol. The minimum atomic E-state index is -4.67. The molecule has 4 aromatic rings. The Labute approximate surface area is 172 Å². The van der Waals surface area contributed by atoms with Gasteiger partial charge in [-0.05, 0) is 48.9 Å². The number of methoxy groups -OCH3 is 1. The first kappa shape index (κ1) is 20.1. The number of hydrogen-bond donors (Lipinski definition) is 0. The Morgan fingerprint density at radius 3 is 2.43 bits per heavy atom. The molecule has 3 aromatic heterocycles. The number of halogens is 3. The number of benzene rings is 1. The van der Waals surface area contributed by atoms with Crippen LogP contribution in [0.4, 0.5) is 13.2 Å². The van der Waals surface area contributed by atoms with E-state index in [-0.39, 0.29) is 10.9 Å². The van der Waals surface area contributed by atoms with Gasteiger partial charge in [-0.2, -0.15) is 22.8 Å². The van der Waals surface area contributed by atoms with Gasteiger partial charge in [0.25, 0.3) is 11.0 Å². The molecule has 0 saturated carbocycles. The Balaban J connectivity index is 1.60. The fourth-order valence-electron chi connectivity index (χ4n) is 2.73. The van der Waals surface area contributed by atoms with E-state index >= 15 is 0 Å². The van der Waals surface area contributed by atoms with Gasteiger partial charge in [-0.25, -0.2) is 0 Å². The van der Waals surface area contributed by atoms with Gasteiger partial charge in [0.2, 0.25) is 5.89 Å².